The molecule has 0 saturated carbocycles. The Hall–Kier alpha value is -2.76. The van der Waals surface area contributed by atoms with E-state index in [0.717, 1.165) is 5.56 Å². The zero-order chi connectivity index (χ0) is 33.9. The summed E-state index contributed by atoms with van der Waals surface area (Å²) in [5.74, 6) is -2.44. The van der Waals surface area contributed by atoms with Gasteiger partial charge in [0.2, 0.25) is 12.6 Å². The number of aryl methyl sites for hydroxylation is 1. The SMILES string of the molecule is CC(C)C(=O)OC(OP(=O)(OC(OC(=O)C(C)C)C(C)C)C(CCCc1cccc(Oc2ccccc2)c1)S(=O)(=O)O)C(C)C. The van der Waals surface area contributed by atoms with Crippen LogP contribution in [0, 0.1) is 23.7 Å². The first-order valence-electron chi connectivity index (χ1n) is 15.1. The lowest BCUT2D eigenvalue weighted by Gasteiger charge is -2.33. The van der Waals surface area contributed by atoms with Crippen LogP contribution in [0.1, 0.15) is 73.8 Å². The fourth-order valence-corrected chi connectivity index (χ4v) is 7.89. The number of para-hydroxylation sites is 1. The van der Waals surface area contributed by atoms with Gasteiger partial charge < -0.3 is 14.2 Å². The molecule has 0 amide bonds. The number of carbonyl (C=O) groups excluding carboxylic acids is 2. The zero-order valence-electron chi connectivity index (χ0n) is 27.2. The summed E-state index contributed by atoms with van der Waals surface area (Å²) in [5, 5.41) is 0. The van der Waals surface area contributed by atoms with Gasteiger partial charge in [-0.15, -0.1) is 0 Å². The van der Waals surface area contributed by atoms with Crippen molar-refractivity contribution in [1.29, 1.82) is 0 Å². The lowest BCUT2D eigenvalue weighted by atomic mass is 10.1. The van der Waals surface area contributed by atoms with Crippen LogP contribution in [-0.2, 0) is 49.2 Å². The van der Waals surface area contributed by atoms with Crippen molar-refractivity contribution in [2.24, 2.45) is 23.7 Å². The van der Waals surface area contributed by atoms with Crippen LogP contribution >= 0.6 is 7.60 Å². The molecule has 0 aliphatic heterocycles. The van der Waals surface area contributed by atoms with E-state index in [4.69, 9.17) is 23.3 Å². The van der Waals surface area contributed by atoms with E-state index < -0.39 is 70.9 Å². The minimum atomic E-state index is -5.08. The van der Waals surface area contributed by atoms with Crippen LogP contribution in [0.2, 0.25) is 0 Å². The quantitative estimate of drug-likeness (QED) is 0.0722. The van der Waals surface area contributed by atoms with Crippen molar-refractivity contribution >= 4 is 29.7 Å². The van der Waals surface area contributed by atoms with E-state index in [1.807, 2.05) is 36.4 Å². The average molecular weight is 671 g/mol. The van der Waals surface area contributed by atoms with E-state index in [1.54, 1.807) is 73.6 Å². The summed E-state index contributed by atoms with van der Waals surface area (Å²) in [5.41, 5.74) is 0.797. The molecule has 2 aromatic rings. The number of hydrogen-bond donors (Lipinski definition) is 1. The van der Waals surface area contributed by atoms with Crippen LogP contribution in [0.3, 0.4) is 0 Å². The van der Waals surface area contributed by atoms with Gasteiger partial charge in [-0.2, -0.15) is 8.42 Å². The number of ether oxygens (including phenoxy) is 3. The molecule has 11 nitrogen and oxygen atoms in total. The fraction of sp³-hybridized carbons (Fsp3) is 0.562. The van der Waals surface area contributed by atoms with Crippen molar-refractivity contribution in [2.45, 2.75) is 92.2 Å². The van der Waals surface area contributed by atoms with Gasteiger partial charge in [-0.3, -0.25) is 27.8 Å². The first-order chi connectivity index (χ1) is 20.9. The maximum atomic E-state index is 14.6. The summed E-state index contributed by atoms with van der Waals surface area (Å²) in [6, 6.07) is 16.4. The lowest BCUT2D eigenvalue weighted by molar-refractivity contribution is -0.183. The summed E-state index contributed by atoms with van der Waals surface area (Å²) in [6.07, 6.45) is -2.88. The van der Waals surface area contributed by atoms with Crippen molar-refractivity contribution < 1.29 is 50.4 Å². The van der Waals surface area contributed by atoms with Crippen LogP contribution < -0.4 is 4.74 Å². The number of esters is 2. The standard InChI is InChI=1S/C32H47O11PS/c1-21(2)29(33)40-31(23(5)6)42-44(35,43-32(24(7)8)41-30(34)22(3)4)28(45(36,37)38)19-13-15-25-14-12-18-27(20-25)39-26-16-10-9-11-17-26/h9-12,14,16-18,20-24,28,31-32H,13,15,19H2,1-8H3,(H,36,37,38). The molecule has 0 aliphatic rings. The molecule has 0 radical (unpaired) electrons. The Bertz CT molecular complexity index is 1350. The number of rotatable bonds is 18. The minimum Gasteiger partial charge on any atom is -0.457 e. The molecular weight excluding hydrogens is 623 g/mol. The highest BCUT2D eigenvalue weighted by Crippen LogP contribution is 2.59. The topological polar surface area (TPSA) is 152 Å². The van der Waals surface area contributed by atoms with Crippen molar-refractivity contribution in [1.82, 2.24) is 0 Å². The second-order valence-electron chi connectivity index (χ2n) is 12.1. The van der Waals surface area contributed by atoms with Gasteiger partial charge in [-0.25, -0.2) is 0 Å². The molecule has 45 heavy (non-hydrogen) atoms. The van der Waals surface area contributed by atoms with Gasteiger partial charge in [-0.1, -0.05) is 85.7 Å². The summed E-state index contributed by atoms with van der Waals surface area (Å²) in [6.45, 7) is 12.9. The average Bonchev–Trinajstić information content (AvgIpc) is 2.94. The van der Waals surface area contributed by atoms with E-state index in [2.05, 4.69) is 0 Å². The van der Waals surface area contributed by atoms with E-state index in [0.29, 0.717) is 17.9 Å². The number of hydrogen-bond acceptors (Lipinski definition) is 10. The van der Waals surface area contributed by atoms with Crippen LogP contribution in [0.15, 0.2) is 54.6 Å². The Labute approximate surface area is 267 Å². The lowest BCUT2D eigenvalue weighted by Crippen LogP contribution is -2.35. The molecule has 1 N–H and O–H groups in total. The van der Waals surface area contributed by atoms with Gasteiger partial charge in [-0.05, 0) is 49.1 Å². The first kappa shape index (κ1) is 38.4. The fourth-order valence-electron chi connectivity index (χ4n) is 3.85. The molecule has 3 unspecified atom stereocenters. The minimum absolute atomic E-state index is 0.131. The Balaban J connectivity index is 2.41. The molecule has 13 heteroatoms. The van der Waals surface area contributed by atoms with E-state index in [-0.39, 0.29) is 12.8 Å². The van der Waals surface area contributed by atoms with Gasteiger partial charge in [0.25, 0.3) is 10.1 Å². The van der Waals surface area contributed by atoms with Crippen molar-refractivity contribution in [3.05, 3.63) is 60.2 Å². The van der Waals surface area contributed by atoms with Crippen LogP contribution in [0.25, 0.3) is 0 Å². The highest BCUT2D eigenvalue weighted by Gasteiger charge is 2.49. The Morgan fingerprint density at radius 3 is 1.69 bits per heavy atom. The third kappa shape index (κ3) is 12.5. The molecule has 2 aromatic carbocycles. The molecule has 0 saturated heterocycles. The summed E-state index contributed by atoms with van der Waals surface area (Å²) < 4.78 is 78.9. The van der Waals surface area contributed by atoms with Gasteiger partial charge in [0.05, 0.1) is 11.8 Å². The second kappa shape index (κ2) is 17.2. The molecule has 0 bridgehead atoms. The van der Waals surface area contributed by atoms with E-state index in [1.165, 1.54) is 0 Å². The second-order valence-corrected chi connectivity index (χ2v) is 16.2. The number of carbonyl (C=O) groups is 2. The van der Waals surface area contributed by atoms with Gasteiger partial charge in [0.1, 0.15) is 11.5 Å². The molecular formula is C32H47O11PS. The predicted molar refractivity (Wildman–Crippen MR) is 170 cm³/mol. The smallest absolute Gasteiger partial charge is 0.357 e. The van der Waals surface area contributed by atoms with Gasteiger partial charge in [0, 0.05) is 11.8 Å². The predicted octanol–water partition coefficient (Wildman–Crippen LogP) is 7.60. The van der Waals surface area contributed by atoms with Crippen LogP contribution in [0.5, 0.6) is 11.5 Å². The highest BCUT2D eigenvalue weighted by atomic mass is 32.2. The maximum absolute atomic E-state index is 14.6. The van der Waals surface area contributed by atoms with Gasteiger partial charge >= 0.3 is 19.5 Å². The largest absolute Gasteiger partial charge is 0.457 e. The highest BCUT2D eigenvalue weighted by molar-refractivity contribution is 7.94. The Kier molecular flexibility index (Phi) is 14.7. The molecule has 0 aliphatic carbocycles. The normalized spacial score (nSPS) is 15.5. The molecule has 0 aromatic heterocycles. The van der Waals surface area contributed by atoms with Gasteiger partial charge in [0.15, 0.2) is 4.99 Å². The summed E-state index contributed by atoms with van der Waals surface area (Å²) in [4.78, 5) is 22.8. The molecule has 0 spiro atoms. The van der Waals surface area contributed by atoms with Crippen molar-refractivity contribution in [3.63, 3.8) is 0 Å². The van der Waals surface area contributed by atoms with Crippen molar-refractivity contribution in [2.75, 3.05) is 0 Å². The summed E-state index contributed by atoms with van der Waals surface area (Å²) >= 11 is 0. The van der Waals surface area contributed by atoms with E-state index in [9.17, 15) is 27.1 Å². The molecule has 0 heterocycles. The summed E-state index contributed by atoms with van der Waals surface area (Å²) in [7, 11) is -10.0. The Morgan fingerprint density at radius 1 is 0.756 bits per heavy atom. The third-order valence-corrected chi connectivity index (χ3v) is 11.0. The molecule has 0 fully saturated rings. The molecule has 2 rings (SSSR count). The first-order valence-corrected chi connectivity index (χ1v) is 18.2. The monoisotopic (exact) mass is 670 g/mol. The van der Waals surface area contributed by atoms with Crippen LogP contribution in [-0.4, -0.2) is 42.5 Å². The van der Waals surface area contributed by atoms with Crippen LogP contribution in [0.4, 0.5) is 0 Å². The van der Waals surface area contributed by atoms with Crippen molar-refractivity contribution in [3.8, 4) is 11.5 Å². The molecule has 3 atom stereocenters. The third-order valence-electron chi connectivity index (χ3n) is 6.49. The number of benzene rings is 2. The van der Waals surface area contributed by atoms with E-state index >= 15 is 0 Å². The maximum Gasteiger partial charge on any atom is 0.357 e. The molecule has 252 valence electrons. The Morgan fingerprint density at radius 2 is 1.24 bits per heavy atom. The zero-order valence-corrected chi connectivity index (χ0v) is 29.0.